The Morgan fingerprint density at radius 2 is 1.97 bits per heavy atom. The molecule has 0 saturated heterocycles. The van der Waals surface area contributed by atoms with Crippen LogP contribution in [0.25, 0.3) is 0 Å². The Balaban J connectivity index is 1.64. The zero-order chi connectivity index (χ0) is 22.4. The van der Waals surface area contributed by atoms with E-state index in [1.165, 1.54) is 6.33 Å². The fourth-order valence-corrected chi connectivity index (χ4v) is 3.19. The lowest BCUT2D eigenvalue weighted by Gasteiger charge is -2.25. The number of imidazole rings is 1. The molecule has 1 aromatic carbocycles. The summed E-state index contributed by atoms with van der Waals surface area (Å²) < 4.78 is 5.19. The number of ketones is 1. The van der Waals surface area contributed by atoms with Crippen molar-refractivity contribution in [2.45, 2.75) is 45.5 Å². The highest BCUT2D eigenvalue weighted by molar-refractivity contribution is 6.38. The highest BCUT2D eigenvalue weighted by Crippen LogP contribution is 2.11. The Hall–Kier alpha value is -3.69. The van der Waals surface area contributed by atoms with Crippen LogP contribution in [-0.4, -0.2) is 45.7 Å². The molecule has 0 radical (unpaired) electrons. The topological polar surface area (TPSA) is 142 Å². The van der Waals surface area contributed by atoms with Gasteiger partial charge in [-0.3, -0.25) is 14.4 Å². The van der Waals surface area contributed by atoms with Crippen LogP contribution in [-0.2, 0) is 38.7 Å². The number of aromatic nitrogens is 2. The molecule has 2 heterocycles. The molecule has 10 nitrogen and oxygen atoms in total. The Bertz CT molecular complexity index is 956. The van der Waals surface area contributed by atoms with Gasteiger partial charge in [0.1, 0.15) is 18.7 Å². The third kappa shape index (κ3) is 5.68. The first-order chi connectivity index (χ1) is 14.8. The molecular weight excluding hydrogens is 402 g/mol. The van der Waals surface area contributed by atoms with Crippen molar-refractivity contribution in [2.75, 3.05) is 0 Å². The monoisotopic (exact) mass is 427 g/mol. The van der Waals surface area contributed by atoms with Gasteiger partial charge in [0.15, 0.2) is 0 Å². The van der Waals surface area contributed by atoms with E-state index in [2.05, 4.69) is 25.9 Å². The third-order valence-electron chi connectivity index (χ3n) is 4.92. The van der Waals surface area contributed by atoms with Crippen molar-refractivity contribution in [3.63, 3.8) is 0 Å². The van der Waals surface area contributed by atoms with Gasteiger partial charge in [0.25, 0.3) is 5.91 Å². The number of aromatic amines is 1. The number of nitrogens with one attached hydrogen (secondary N) is 4. The van der Waals surface area contributed by atoms with E-state index in [-0.39, 0.29) is 25.5 Å². The van der Waals surface area contributed by atoms with Crippen molar-refractivity contribution in [2.24, 2.45) is 5.92 Å². The summed E-state index contributed by atoms with van der Waals surface area (Å²) in [5.74, 6) is -2.43. The first-order valence-electron chi connectivity index (χ1n) is 9.96. The molecule has 164 valence electrons. The fourth-order valence-electron chi connectivity index (χ4n) is 3.19. The molecule has 2 unspecified atom stereocenters. The molecule has 0 fully saturated rings. The van der Waals surface area contributed by atoms with Gasteiger partial charge in [-0.1, -0.05) is 44.2 Å². The second-order valence-corrected chi connectivity index (χ2v) is 7.57. The second kappa shape index (κ2) is 9.88. The highest BCUT2D eigenvalue weighted by atomic mass is 16.5. The number of nitrogens with zero attached hydrogens (tertiary/aromatic N) is 1. The molecule has 4 N–H and O–H groups in total. The molecule has 31 heavy (non-hydrogen) atoms. The number of H-pyrrole nitrogens is 1. The number of Topliss-reactive ketones (excluding diaryl/α,β-unsaturated/α-hetero) is 1. The zero-order valence-corrected chi connectivity index (χ0v) is 17.3. The van der Waals surface area contributed by atoms with Crippen LogP contribution in [0.1, 0.15) is 30.8 Å². The summed E-state index contributed by atoms with van der Waals surface area (Å²) in [6.45, 7) is 3.69. The molecule has 10 heteroatoms. The average molecular weight is 427 g/mol. The molecule has 1 aromatic heterocycles. The van der Waals surface area contributed by atoms with Crippen LogP contribution >= 0.6 is 0 Å². The van der Waals surface area contributed by atoms with E-state index >= 15 is 0 Å². The van der Waals surface area contributed by atoms with Gasteiger partial charge in [0.05, 0.1) is 18.6 Å². The molecule has 0 spiro atoms. The Kier molecular flexibility index (Phi) is 7.01. The lowest BCUT2D eigenvalue weighted by Crippen LogP contribution is -2.56. The third-order valence-corrected chi connectivity index (χ3v) is 4.92. The van der Waals surface area contributed by atoms with Crippen molar-refractivity contribution >= 4 is 23.7 Å². The molecular formula is C21H25N5O5. The Morgan fingerprint density at radius 3 is 2.68 bits per heavy atom. The quantitative estimate of drug-likeness (QED) is 0.497. The summed E-state index contributed by atoms with van der Waals surface area (Å²) in [7, 11) is 0. The highest BCUT2D eigenvalue weighted by Gasteiger charge is 2.34. The standard InChI is InChI=1S/C21H25N5O5/c1-12(2)17(26-21(30)31-10-13-6-4-3-5-7-13)19(28)25-15-8-14-16(24-11-23-14)9-22-20(29)18(15)27/h3-7,11-12,15,17H,8-10H2,1-2H3,(H,22,29)(H,23,24)(H,25,28)(H,26,30). The number of benzene rings is 1. The lowest BCUT2D eigenvalue weighted by atomic mass is 9.99. The van der Waals surface area contributed by atoms with Gasteiger partial charge >= 0.3 is 6.09 Å². The maximum Gasteiger partial charge on any atom is 0.408 e. The number of fused-ring (bicyclic) bond motifs is 1. The number of carbonyl (C=O) groups is 4. The predicted octanol–water partition coefficient (Wildman–Crippen LogP) is 0.587. The van der Waals surface area contributed by atoms with E-state index in [4.69, 9.17) is 4.74 Å². The first kappa shape index (κ1) is 22.0. The zero-order valence-electron chi connectivity index (χ0n) is 17.3. The first-order valence-corrected chi connectivity index (χ1v) is 9.96. The predicted molar refractivity (Wildman–Crippen MR) is 109 cm³/mol. The fraction of sp³-hybridized carbons (Fsp3) is 0.381. The maximum atomic E-state index is 12.9. The van der Waals surface area contributed by atoms with Crippen molar-refractivity contribution in [3.05, 3.63) is 53.6 Å². The minimum atomic E-state index is -1.09. The summed E-state index contributed by atoms with van der Waals surface area (Å²) in [6, 6.07) is 7.10. The molecule has 1 aliphatic heterocycles. The van der Waals surface area contributed by atoms with Crippen LogP contribution in [0.15, 0.2) is 36.7 Å². The van der Waals surface area contributed by atoms with Crippen molar-refractivity contribution in [1.29, 1.82) is 0 Å². The summed E-state index contributed by atoms with van der Waals surface area (Å²) >= 11 is 0. The van der Waals surface area contributed by atoms with Gasteiger partial charge in [-0.05, 0) is 11.5 Å². The number of hydrogen-bond acceptors (Lipinski definition) is 6. The molecule has 3 amide bonds. The maximum absolute atomic E-state index is 12.9. The van der Waals surface area contributed by atoms with Crippen molar-refractivity contribution in [3.8, 4) is 0 Å². The molecule has 2 atom stereocenters. The van der Waals surface area contributed by atoms with Crippen LogP contribution < -0.4 is 16.0 Å². The SMILES string of the molecule is CC(C)C(NC(=O)OCc1ccccc1)C(=O)NC1Cc2[nH]cnc2CNC(=O)C1=O. The summed E-state index contributed by atoms with van der Waals surface area (Å²) in [5, 5.41) is 7.61. The molecule has 3 rings (SSSR count). The van der Waals surface area contributed by atoms with Crippen LogP contribution in [0.3, 0.4) is 0 Å². The van der Waals surface area contributed by atoms with Gasteiger partial charge < -0.3 is 25.7 Å². The Morgan fingerprint density at radius 1 is 1.23 bits per heavy atom. The van der Waals surface area contributed by atoms with E-state index < -0.39 is 35.8 Å². The van der Waals surface area contributed by atoms with Crippen LogP contribution in [0.5, 0.6) is 0 Å². The molecule has 1 aliphatic rings. The van der Waals surface area contributed by atoms with Crippen LogP contribution in [0.4, 0.5) is 4.79 Å². The number of hydrogen-bond donors (Lipinski definition) is 4. The minimum Gasteiger partial charge on any atom is -0.445 e. The lowest BCUT2D eigenvalue weighted by molar-refractivity contribution is -0.140. The van der Waals surface area contributed by atoms with Gasteiger partial charge in [-0.15, -0.1) is 0 Å². The van der Waals surface area contributed by atoms with Gasteiger partial charge in [-0.2, -0.15) is 0 Å². The van der Waals surface area contributed by atoms with Crippen LogP contribution in [0, 0.1) is 5.92 Å². The van der Waals surface area contributed by atoms with Gasteiger partial charge in [0.2, 0.25) is 11.7 Å². The van der Waals surface area contributed by atoms with E-state index in [1.54, 1.807) is 13.8 Å². The largest absolute Gasteiger partial charge is 0.445 e. The van der Waals surface area contributed by atoms with Crippen molar-refractivity contribution < 1.29 is 23.9 Å². The van der Waals surface area contributed by atoms with E-state index in [0.29, 0.717) is 11.4 Å². The normalized spacial score (nSPS) is 17.1. The van der Waals surface area contributed by atoms with Crippen molar-refractivity contribution in [1.82, 2.24) is 25.9 Å². The molecule has 0 bridgehead atoms. The molecule has 0 saturated carbocycles. The number of alkyl carbamates (subject to hydrolysis) is 1. The molecule has 2 aromatic rings. The minimum absolute atomic E-state index is 0.0585. The van der Waals surface area contributed by atoms with Crippen LogP contribution in [0.2, 0.25) is 0 Å². The number of carbonyl (C=O) groups excluding carboxylic acids is 4. The number of rotatable bonds is 6. The Labute approximate surface area is 179 Å². The van der Waals surface area contributed by atoms with E-state index in [1.807, 2.05) is 30.3 Å². The second-order valence-electron chi connectivity index (χ2n) is 7.57. The summed E-state index contributed by atoms with van der Waals surface area (Å²) in [4.78, 5) is 56.6. The van der Waals surface area contributed by atoms with Gasteiger partial charge in [0, 0.05) is 12.1 Å². The van der Waals surface area contributed by atoms with E-state index in [9.17, 15) is 19.2 Å². The summed E-state index contributed by atoms with van der Waals surface area (Å²) in [6.07, 6.45) is 0.804. The number of ether oxygens (including phenoxy) is 1. The van der Waals surface area contributed by atoms with E-state index in [0.717, 1.165) is 5.56 Å². The average Bonchev–Trinajstić information content (AvgIpc) is 3.19. The smallest absolute Gasteiger partial charge is 0.408 e. The number of amides is 3. The summed E-state index contributed by atoms with van der Waals surface area (Å²) in [5.41, 5.74) is 2.06. The molecule has 0 aliphatic carbocycles. The van der Waals surface area contributed by atoms with Gasteiger partial charge in [-0.25, -0.2) is 9.78 Å².